The van der Waals surface area contributed by atoms with E-state index in [4.69, 9.17) is 0 Å². The lowest BCUT2D eigenvalue weighted by Gasteiger charge is -2.12. The van der Waals surface area contributed by atoms with Gasteiger partial charge in [0, 0.05) is 32.1 Å². The zero-order valence-corrected chi connectivity index (χ0v) is 14.6. The monoisotopic (exact) mass is 328 g/mol. The van der Waals surface area contributed by atoms with Crippen molar-refractivity contribution in [3.63, 3.8) is 0 Å². The lowest BCUT2D eigenvalue weighted by Crippen LogP contribution is -2.27. The van der Waals surface area contributed by atoms with Crippen molar-refractivity contribution in [3.05, 3.63) is 65.7 Å². The molecular weight excluding hydrogens is 304 g/mol. The number of carbonyl (C=O) groups excluding carboxylic acids is 1. The van der Waals surface area contributed by atoms with Crippen LogP contribution < -0.4 is 10.2 Å². The van der Waals surface area contributed by atoms with Gasteiger partial charge in [-0.05, 0) is 29.7 Å². The van der Waals surface area contributed by atoms with E-state index in [-0.39, 0.29) is 5.91 Å². The van der Waals surface area contributed by atoms with E-state index in [1.165, 1.54) is 16.8 Å². The first-order chi connectivity index (χ1) is 11.1. The second kappa shape index (κ2) is 9.26. The third-order valence-corrected chi connectivity index (χ3v) is 4.54. The van der Waals surface area contributed by atoms with Crippen molar-refractivity contribution in [3.8, 4) is 0 Å². The van der Waals surface area contributed by atoms with Crippen LogP contribution in [0.15, 0.2) is 54.6 Å². The number of hydrogen-bond acceptors (Lipinski definition) is 3. The number of carbonyl (C=O) groups is 1. The highest BCUT2D eigenvalue weighted by Gasteiger charge is 2.02. The minimum atomic E-state index is 0.107. The first-order valence-electron chi connectivity index (χ1n) is 7.80. The van der Waals surface area contributed by atoms with Gasteiger partial charge < -0.3 is 10.2 Å². The normalized spacial score (nSPS) is 10.3. The van der Waals surface area contributed by atoms with Gasteiger partial charge >= 0.3 is 0 Å². The Morgan fingerprint density at radius 2 is 1.70 bits per heavy atom. The lowest BCUT2D eigenvalue weighted by atomic mass is 10.1. The predicted molar refractivity (Wildman–Crippen MR) is 100 cm³/mol. The van der Waals surface area contributed by atoms with Crippen molar-refractivity contribution in [2.75, 3.05) is 31.3 Å². The third kappa shape index (κ3) is 6.37. The van der Waals surface area contributed by atoms with E-state index >= 15 is 0 Å². The molecule has 0 saturated carbocycles. The van der Waals surface area contributed by atoms with E-state index < -0.39 is 0 Å². The van der Waals surface area contributed by atoms with Crippen LogP contribution in [0.1, 0.15) is 11.1 Å². The van der Waals surface area contributed by atoms with Gasteiger partial charge in [-0.2, -0.15) is 0 Å². The fourth-order valence-electron chi connectivity index (χ4n) is 2.19. The molecule has 1 amide bonds. The largest absolute Gasteiger partial charge is 0.378 e. The molecule has 0 aliphatic carbocycles. The maximum atomic E-state index is 11.8. The number of benzene rings is 2. The van der Waals surface area contributed by atoms with Gasteiger partial charge in [0.15, 0.2) is 0 Å². The van der Waals surface area contributed by atoms with Crippen LogP contribution in [0.2, 0.25) is 0 Å². The molecule has 2 aromatic carbocycles. The van der Waals surface area contributed by atoms with Gasteiger partial charge in [0.05, 0.1) is 5.75 Å². The Bertz CT molecular complexity index is 597. The maximum absolute atomic E-state index is 11.8. The molecule has 2 rings (SSSR count). The molecule has 0 aliphatic rings. The molecule has 0 bridgehead atoms. The van der Waals surface area contributed by atoms with Crippen molar-refractivity contribution in [2.24, 2.45) is 0 Å². The Balaban J connectivity index is 1.62. The molecule has 122 valence electrons. The Labute approximate surface area is 143 Å². The molecule has 0 atom stereocenters. The number of anilines is 1. The molecule has 0 aliphatic heterocycles. The lowest BCUT2D eigenvalue weighted by molar-refractivity contribution is -0.118. The van der Waals surface area contributed by atoms with Crippen molar-refractivity contribution < 1.29 is 4.79 Å². The fraction of sp³-hybridized carbons (Fsp3) is 0.316. The molecular formula is C19H24N2OS. The van der Waals surface area contributed by atoms with Crippen LogP contribution in [-0.2, 0) is 17.0 Å². The number of nitrogens with one attached hydrogen (secondary N) is 1. The second-order valence-corrected chi connectivity index (χ2v) is 6.62. The topological polar surface area (TPSA) is 32.3 Å². The molecule has 4 heteroatoms. The molecule has 0 fully saturated rings. The molecule has 1 N–H and O–H groups in total. The zero-order chi connectivity index (χ0) is 16.5. The van der Waals surface area contributed by atoms with E-state index in [9.17, 15) is 4.79 Å². The minimum Gasteiger partial charge on any atom is -0.378 e. The molecule has 3 nitrogen and oxygen atoms in total. The first-order valence-corrected chi connectivity index (χ1v) is 8.95. The Kier molecular flexibility index (Phi) is 7.01. The minimum absolute atomic E-state index is 0.107. The summed E-state index contributed by atoms with van der Waals surface area (Å²) in [5.41, 5.74) is 3.69. The fourth-order valence-corrected chi connectivity index (χ4v) is 3.01. The van der Waals surface area contributed by atoms with Crippen LogP contribution >= 0.6 is 11.8 Å². The predicted octanol–water partition coefficient (Wildman–Crippen LogP) is 3.34. The molecule has 0 unspecified atom stereocenters. The maximum Gasteiger partial charge on any atom is 0.230 e. The molecule has 2 aromatic rings. The summed E-state index contributed by atoms with van der Waals surface area (Å²) >= 11 is 1.65. The van der Waals surface area contributed by atoms with E-state index in [2.05, 4.69) is 46.6 Å². The SMILES string of the molecule is CN(C)c1ccc(CCNC(=O)CSCc2ccccc2)cc1. The molecule has 0 heterocycles. The Hall–Kier alpha value is -1.94. The summed E-state index contributed by atoms with van der Waals surface area (Å²) < 4.78 is 0. The first kappa shape index (κ1) is 17.4. The molecule has 0 radical (unpaired) electrons. The van der Waals surface area contributed by atoms with Crippen LogP contribution in [-0.4, -0.2) is 32.3 Å². The average Bonchev–Trinajstić information content (AvgIpc) is 2.56. The second-order valence-electron chi connectivity index (χ2n) is 5.64. The molecule has 23 heavy (non-hydrogen) atoms. The van der Waals surface area contributed by atoms with Crippen LogP contribution in [0.5, 0.6) is 0 Å². The van der Waals surface area contributed by atoms with Gasteiger partial charge in [0.25, 0.3) is 0 Å². The van der Waals surface area contributed by atoms with Crippen LogP contribution in [0.25, 0.3) is 0 Å². The van der Waals surface area contributed by atoms with Gasteiger partial charge in [-0.25, -0.2) is 0 Å². The summed E-state index contributed by atoms with van der Waals surface area (Å²) in [6.45, 7) is 0.687. The number of nitrogens with zero attached hydrogens (tertiary/aromatic N) is 1. The molecule has 0 saturated heterocycles. The van der Waals surface area contributed by atoms with Gasteiger partial charge in [-0.1, -0.05) is 42.5 Å². The summed E-state index contributed by atoms with van der Waals surface area (Å²) in [6, 6.07) is 18.7. The highest BCUT2D eigenvalue weighted by molar-refractivity contribution is 7.99. The van der Waals surface area contributed by atoms with E-state index in [1.807, 2.05) is 32.3 Å². The van der Waals surface area contributed by atoms with Crippen molar-refractivity contribution in [2.45, 2.75) is 12.2 Å². The highest BCUT2D eigenvalue weighted by atomic mass is 32.2. The number of thioether (sulfide) groups is 1. The van der Waals surface area contributed by atoms with Gasteiger partial charge in [-0.15, -0.1) is 11.8 Å². The number of hydrogen-bond donors (Lipinski definition) is 1. The number of amides is 1. The summed E-state index contributed by atoms with van der Waals surface area (Å²) in [6.07, 6.45) is 0.864. The Morgan fingerprint density at radius 3 is 2.35 bits per heavy atom. The van der Waals surface area contributed by atoms with Crippen LogP contribution in [0, 0.1) is 0 Å². The number of rotatable bonds is 8. The quantitative estimate of drug-likeness (QED) is 0.806. The summed E-state index contributed by atoms with van der Waals surface area (Å²) in [5.74, 6) is 1.49. The van der Waals surface area contributed by atoms with Crippen molar-refractivity contribution >= 4 is 23.4 Å². The van der Waals surface area contributed by atoms with E-state index in [1.54, 1.807) is 11.8 Å². The van der Waals surface area contributed by atoms with Gasteiger partial charge in [0.1, 0.15) is 0 Å². The van der Waals surface area contributed by atoms with Gasteiger partial charge in [0.2, 0.25) is 5.91 Å². The third-order valence-electron chi connectivity index (χ3n) is 3.53. The van der Waals surface area contributed by atoms with E-state index in [0.29, 0.717) is 12.3 Å². The Morgan fingerprint density at radius 1 is 1.00 bits per heavy atom. The average molecular weight is 328 g/mol. The summed E-state index contributed by atoms with van der Waals surface area (Å²) in [7, 11) is 4.06. The summed E-state index contributed by atoms with van der Waals surface area (Å²) in [4.78, 5) is 13.9. The molecule has 0 spiro atoms. The van der Waals surface area contributed by atoms with Crippen molar-refractivity contribution in [1.29, 1.82) is 0 Å². The summed E-state index contributed by atoms with van der Waals surface area (Å²) in [5, 5.41) is 2.98. The van der Waals surface area contributed by atoms with Crippen LogP contribution in [0.4, 0.5) is 5.69 Å². The highest BCUT2D eigenvalue weighted by Crippen LogP contribution is 2.13. The smallest absolute Gasteiger partial charge is 0.230 e. The molecule has 0 aromatic heterocycles. The van der Waals surface area contributed by atoms with Crippen LogP contribution in [0.3, 0.4) is 0 Å². The van der Waals surface area contributed by atoms with Gasteiger partial charge in [-0.3, -0.25) is 4.79 Å². The standard InChI is InChI=1S/C19H24N2OS/c1-21(2)18-10-8-16(9-11-18)12-13-20-19(22)15-23-14-17-6-4-3-5-7-17/h3-11H,12-15H2,1-2H3,(H,20,22). The zero-order valence-electron chi connectivity index (χ0n) is 13.8. The van der Waals surface area contributed by atoms with E-state index in [0.717, 1.165) is 12.2 Å². The van der Waals surface area contributed by atoms with Crippen molar-refractivity contribution in [1.82, 2.24) is 5.32 Å².